The summed E-state index contributed by atoms with van der Waals surface area (Å²) >= 11 is 0. The van der Waals surface area contributed by atoms with E-state index >= 15 is 0 Å². The molecule has 9 heteroatoms. The lowest BCUT2D eigenvalue weighted by atomic mass is 8.93. The highest BCUT2D eigenvalue weighted by atomic mass is 14.2. The Morgan fingerprint density at radius 3 is 2.10 bits per heavy atom. The number of benzene rings is 1. The second-order valence-corrected chi connectivity index (χ2v) is 5.23. The number of fused-ring (bicyclic) bond motifs is 1. The molecule has 0 aliphatic heterocycles. The van der Waals surface area contributed by atoms with Gasteiger partial charge in [-0.3, -0.25) is 0 Å². The van der Waals surface area contributed by atoms with Crippen molar-refractivity contribution in [2.24, 2.45) is 0 Å². The molecule has 0 amide bonds. The zero-order valence-corrected chi connectivity index (χ0v) is 12.2. The molecule has 1 aliphatic carbocycles. The molecule has 84 valence electrons. The third kappa shape index (κ3) is 3.22. The summed E-state index contributed by atoms with van der Waals surface area (Å²) in [6.45, 7) is 0.880. The van der Waals surface area contributed by atoms with E-state index in [1.165, 1.54) is 12.6 Å². The molecule has 0 nitrogen and oxygen atoms in total. The van der Waals surface area contributed by atoms with E-state index in [9.17, 15) is 0 Å². The van der Waals surface area contributed by atoms with Crippen molar-refractivity contribution in [3.8, 4) is 0 Å². The van der Waals surface area contributed by atoms with Crippen LogP contribution in [0.15, 0.2) is 35.1 Å². The molecule has 0 bridgehead atoms. The third-order valence-corrected chi connectivity index (χ3v) is 3.93. The molecule has 0 saturated heterocycles. The first-order chi connectivity index (χ1) is 10.0. The van der Waals surface area contributed by atoms with Gasteiger partial charge >= 0.3 is 0 Å². The number of allylic oxidation sites excluding steroid dienone is 3. The molecule has 0 unspecified atom stereocenters. The fourth-order valence-electron chi connectivity index (χ4n) is 2.81. The van der Waals surface area contributed by atoms with Crippen LogP contribution >= 0.6 is 0 Å². The van der Waals surface area contributed by atoms with Crippen molar-refractivity contribution in [2.45, 2.75) is 13.3 Å². The van der Waals surface area contributed by atoms with Gasteiger partial charge in [-0.05, 0) is 23.1 Å². The van der Waals surface area contributed by atoms with Crippen LogP contribution in [-0.2, 0) is 0 Å². The molecular weight excluding hydrogens is 241 g/mol. The van der Waals surface area contributed by atoms with Crippen molar-refractivity contribution >= 4 is 77.1 Å². The van der Waals surface area contributed by atoms with Crippen LogP contribution in [0.25, 0.3) is 11.1 Å². The van der Waals surface area contributed by atoms with Gasteiger partial charge in [-0.2, -0.15) is 5.37 Å². The van der Waals surface area contributed by atoms with E-state index in [0.29, 0.717) is 6.42 Å². The normalized spacial score (nSPS) is 17.8. The maximum absolute atomic E-state index is 6.06. The van der Waals surface area contributed by atoms with Crippen LogP contribution < -0.4 is 0 Å². The highest BCUT2D eigenvalue weighted by molar-refractivity contribution is 7.55. The molecule has 0 aromatic heterocycles. The molecule has 0 saturated carbocycles. The van der Waals surface area contributed by atoms with Gasteiger partial charge in [-0.15, -0.1) is 5.47 Å². The predicted octanol–water partition coefficient (Wildman–Crippen LogP) is -0.289. The van der Waals surface area contributed by atoms with Gasteiger partial charge in [-0.25, -0.2) is 0 Å². The Balaban J connectivity index is 2.67. The highest BCUT2D eigenvalue weighted by Gasteiger charge is 2.27. The molecule has 0 atom stereocenters. The predicted molar refractivity (Wildman–Crippen MR) is 102 cm³/mol. The van der Waals surface area contributed by atoms with Gasteiger partial charge in [0.25, 0.3) is 0 Å². The minimum Gasteiger partial charge on any atom is -0.161 e. The molecule has 1 aromatic carbocycles. The number of hydrogen-bond donors (Lipinski definition) is 0. The quantitative estimate of drug-likeness (QED) is 0.645. The highest BCUT2D eigenvalue weighted by Crippen LogP contribution is 2.43. The van der Waals surface area contributed by atoms with E-state index in [-0.39, 0.29) is 0 Å². The topological polar surface area (TPSA) is 0 Å². The van der Waals surface area contributed by atoms with Gasteiger partial charge in [0.05, 0.1) is 20.2 Å². The minimum absolute atomic E-state index is 0.463. The Morgan fingerprint density at radius 2 is 1.62 bits per heavy atom. The molecule has 21 heavy (non-hydrogen) atoms. The van der Waals surface area contributed by atoms with Crippen LogP contribution in [0, 0.1) is 0 Å². The van der Waals surface area contributed by atoms with Crippen molar-refractivity contribution in [1.29, 1.82) is 0 Å². The Bertz CT molecular complexity index is 590. The van der Waals surface area contributed by atoms with E-state index in [0.717, 1.165) is 27.5 Å². The van der Waals surface area contributed by atoms with E-state index < -0.39 is 13.0 Å². The standard InChI is InChI=1S/C12H9B9/c1-7(18-13)10-6-11(9-5-3-2-4-8(9)10)12(20(15)16)21(17)19-14/h2-5H,6H2,1H3/b10-7+,12-11+. The van der Waals surface area contributed by atoms with Crippen molar-refractivity contribution in [3.63, 3.8) is 0 Å². The van der Waals surface area contributed by atoms with Crippen LogP contribution in [0.1, 0.15) is 24.5 Å². The molecule has 2 rings (SSSR count). The first-order valence-electron chi connectivity index (χ1n) is 6.90. The number of rotatable bonds is 4. The summed E-state index contributed by atoms with van der Waals surface area (Å²) in [6.07, 6.45) is 0.709. The summed E-state index contributed by atoms with van der Waals surface area (Å²) in [5.74, 6) is 0. The second-order valence-electron chi connectivity index (χ2n) is 5.23. The summed E-state index contributed by atoms with van der Waals surface area (Å²) in [7, 11) is 32.2. The fourth-order valence-corrected chi connectivity index (χ4v) is 2.81. The third-order valence-electron chi connectivity index (χ3n) is 3.93. The second kappa shape index (κ2) is 7.03. The number of hydrogen-bond acceptors (Lipinski definition) is 0. The first kappa shape index (κ1) is 16.7. The summed E-state index contributed by atoms with van der Waals surface area (Å²) in [5.41, 5.74) is 5.50. The zero-order valence-electron chi connectivity index (χ0n) is 12.2. The minimum atomic E-state index is -0.649. The lowest BCUT2D eigenvalue weighted by molar-refractivity contribution is 1.47. The molecular formula is C12H9B9. The molecule has 0 heterocycles. The average Bonchev–Trinajstić information content (AvgIpc) is 2.86. The van der Waals surface area contributed by atoms with Gasteiger partial charge in [0, 0.05) is 45.7 Å². The molecule has 0 spiro atoms. The van der Waals surface area contributed by atoms with Gasteiger partial charge in [0.15, 0.2) is 0 Å². The fraction of sp³-hybridized carbons (Fsp3) is 0.167. The van der Waals surface area contributed by atoms with Crippen LogP contribution in [-0.4, -0.2) is 65.9 Å². The van der Waals surface area contributed by atoms with E-state index in [1.54, 1.807) is 7.17 Å². The van der Waals surface area contributed by atoms with Gasteiger partial charge < -0.3 is 0 Å². The Hall–Kier alpha value is -0.716. The Kier molecular flexibility index (Phi) is 5.57. The van der Waals surface area contributed by atoms with E-state index in [4.69, 9.17) is 38.7 Å². The first-order valence-corrected chi connectivity index (χ1v) is 6.90. The summed E-state index contributed by atoms with van der Waals surface area (Å²) < 4.78 is 0. The largest absolute Gasteiger partial charge is 0.161 e. The maximum atomic E-state index is 6.06. The molecule has 0 fully saturated rings. The van der Waals surface area contributed by atoms with Crippen LogP contribution in [0.4, 0.5) is 0 Å². The smallest absolute Gasteiger partial charge is 0.0901 e. The monoisotopic (exact) mass is 252 g/mol. The summed E-state index contributed by atoms with van der Waals surface area (Å²) in [5, 5.41) is 0.768. The zero-order chi connectivity index (χ0) is 15.6. The lowest BCUT2D eigenvalue weighted by Crippen LogP contribution is -2.37. The molecule has 0 N–H and O–H groups in total. The average molecular weight is 251 g/mol. The van der Waals surface area contributed by atoms with Crippen molar-refractivity contribution in [3.05, 3.63) is 46.2 Å². The Labute approximate surface area is 137 Å². The van der Waals surface area contributed by atoms with Crippen molar-refractivity contribution in [1.82, 2.24) is 0 Å². The van der Waals surface area contributed by atoms with Crippen LogP contribution in [0.5, 0.6) is 0 Å². The van der Waals surface area contributed by atoms with Crippen molar-refractivity contribution in [2.75, 3.05) is 0 Å². The van der Waals surface area contributed by atoms with E-state index in [2.05, 4.69) is 6.07 Å². The van der Waals surface area contributed by atoms with Gasteiger partial charge in [0.2, 0.25) is 0 Å². The summed E-state index contributed by atoms with van der Waals surface area (Å²) in [6, 6.07) is 8.11. The van der Waals surface area contributed by atoms with Gasteiger partial charge in [-0.1, -0.05) is 36.8 Å². The summed E-state index contributed by atoms with van der Waals surface area (Å²) in [4.78, 5) is 0. The van der Waals surface area contributed by atoms with Crippen molar-refractivity contribution < 1.29 is 0 Å². The molecule has 1 aromatic rings. The molecule has 12 radical (unpaired) electrons. The van der Waals surface area contributed by atoms with Gasteiger partial charge in [0.1, 0.15) is 0 Å². The Morgan fingerprint density at radius 1 is 1.05 bits per heavy atom. The van der Waals surface area contributed by atoms with Crippen LogP contribution in [0.3, 0.4) is 0 Å². The van der Waals surface area contributed by atoms with E-state index in [1.807, 2.05) is 25.1 Å². The van der Waals surface area contributed by atoms with Crippen LogP contribution in [0.2, 0.25) is 0 Å². The maximum Gasteiger partial charge on any atom is 0.0901 e. The lowest BCUT2D eigenvalue weighted by Gasteiger charge is -2.21. The SMILES string of the molecule is [B][B]B([B])/C(B([B])[B])=C1\C/C(=C(/C)[B][B])c2ccccc21. The molecule has 1 aliphatic rings.